The molecule has 1 aromatic heterocycles. The van der Waals surface area contributed by atoms with Crippen molar-refractivity contribution in [1.29, 1.82) is 0 Å². The highest BCUT2D eigenvalue weighted by molar-refractivity contribution is 6.01. The molecule has 0 radical (unpaired) electrons. The summed E-state index contributed by atoms with van der Waals surface area (Å²) in [6, 6.07) is 5.23. The van der Waals surface area contributed by atoms with E-state index in [0.717, 1.165) is 5.52 Å². The van der Waals surface area contributed by atoms with Crippen LogP contribution in [0, 0.1) is 11.8 Å². The van der Waals surface area contributed by atoms with Gasteiger partial charge in [0, 0.05) is 34.1 Å². The molecule has 0 aliphatic heterocycles. The molecule has 0 unspecified atom stereocenters. The van der Waals surface area contributed by atoms with Gasteiger partial charge in [0.25, 0.3) is 0 Å². The van der Waals surface area contributed by atoms with Crippen molar-refractivity contribution < 1.29 is 14.7 Å². The number of carbonyl (C=O) groups is 2. The van der Waals surface area contributed by atoms with Crippen LogP contribution >= 0.6 is 0 Å². The molecule has 0 aliphatic rings. The van der Waals surface area contributed by atoms with Gasteiger partial charge < -0.3 is 10.1 Å². The molecule has 0 fully saturated rings. The number of hydrogen-bond acceptors (Lipinski definition) is 2. The SMILES string of the molecule is O=Cc1c[nH]c2cccc(C#CC(=O)O)c12. The van der Waals surface area contributed by atoms with Gasteiger partial charge in [0.2, 0.25) is 0 Å². The number of aromatic amines is 1. The molecule has 1 heterocycles. The average Bonchev–Trinajstić information content (AvgIpc) is 2.69. The maximum Gasteiger partial charge on any atom is 0.382 e. The molecule has 1 aromatic carbocycles. The molecule has 0 saturated carbocycles. The van der Waals surface area contributed by atoms with E-state index >= 15 is 0 Å². The van der Waals surface area contributed by atoms with Gasteiger partial charge in [-0.3, -0.25) is 4.79 Å². The lowest BCUT2D eigenvalue weighted by Gasteiger charge is -1.94. The van der Waals surface area contributed by atoms with Gasteiger partial charge in [0.05, 0.1) is 0 Å². The van der Waals surface area contributed by atoms with Crippen molar-refractivity contribution in [2.75, 3.05) is 0 Å². The molecule has 2 aromatic rings. The Morgan fingerprint density at radius 3 is 2.94 bits per heavy atom. The fraction of sp³-hybridized carbons (Fsp3) is 0. The number of carbonyl (C=O) groups excluding carboxylic acids is 1. The molecule has 2 rings (SSSR count). The quantitative estimate of drug-likeness (QED) is 0.556. The highest BCUT2D eigenvalue weighted by atomic mass is 16.4. The van der Waals surface area contributed by atoms with Gasteiger partial charge in [0.1, 0.15) is 0 Å². The summed E-state index contributed by atoms with van der Waals surface area (Å²) in [4.78, 5) is 24.1. The van der Waals surface area contributed by atoms with Crippen LogP contribution in [0.4, 0.5) is 0 Å². The van der Waals surface area contributed by atoms with E-state index in [-0.39, 0.29) is 0 Å². The summed E-state index contributed by atoms with van der Waals surface area (Å²) >= 11 is 0. The smallest absolute Gasteiger partial charge is 0.382 e. The minimum Gasteiger partial charge on any atom is -0.472 e. The number of hydrogen-bond donors (Lipinski definition) is 2. The summed E-state index contributed by atoms with van der Waals surface area (Å²) in [6.07, 6.45) is 2.29. The van der Waals surface area contributed by atoms with Crippen LogP contribution in [0.3, 0.4) is 0 Å². The van der Waals surface area contributed by atoms with E-state index in [9.17, 15) is 9.59 Å². The van der Waals surface area contributed by atoms with Gasteiger partial charge in [-0.2, -0.15) is 0 Å². The Morgan fingerprint density at radius 2 is 2.25 bits per heavy atom. The number of fused-ring (bicyclic) bond motifs is 1. The molecular formula is C12H7NO3. The summed E-state index contributed by atoms with van der Waals surface area (Å²) in [5.74, 6) is 3.36. The summed E-state index contributed by atoms with van der Waals surface area (Å²) < 4.78 is 0. The van der Waals surface area contributed by atoms with Crippen LogP contribution < -0.4 is 0 Å². The Balaban J connectivity index is 2.70. The first kappa shape index (κ1) is 9.99. The van der Waals surface area contributed by atoms with Crippen LogP contribution in [0.1, 0.15) is 15.9 Å². The van der Waals surface area contributed by atoms with Crippen molar-refractivity contribution in [3.05, 3.63) is 35.5 Å². The van der Waals surface area contributed by atoms with Gasteiger partial charge in [-0.05, 0) is 12.1 Å². The fourth-order valence-corrected chi connectivity index (χ4v) is 1.53. The van der Waals surface area contributed by atoms with Crippen molar-refractivity contribution in [3.8, 4) is 11.8 Å². The van der Waals surface area contributed by atoms with E-state index in [0.29, 0.717) is 22.8 Å². The van der Waals surface area contributed by atoms with Crippen molar-refractivity contribution in [3.63, 3.8) is 0 Å². The largest absolute Gasteiger partial charge is 0.472 e. The number of aromatic nitrogens is 1. The molecule has 0 aliphatic carbocycles. The van der Waals surface area contributed by atoms with Crippen molar-refractivity contribution in [1.82, 2.24) is 4.98 Å². The first-order valence-corrected chi connectivity index (χ1v) is 4.52. The number of benzene rings is 1. The predicted molar refractivity (Wildman–Crippen MR) is 58.2 cm³/mol. The van der Waals surface area contributed by atoms with E-state index < -0.39 is 5.97 Å². The van der Waals surface area contributed by atoms with Gasteiger partial charge in [-0.1, -0.05) is 12.0 Å². The van der Waals surface area contributed by atoms with Crippen LogP contribution in [0.25, 0.3) is 10.9 Å². The van der Waals surface area contributed by atoms with Crippen molar-refractivity contribution in [2.24, 2.45) is 0 Å². The second kappa shape index (κ2) is 3.91. The first-order valence-electron chi connectivity index (χ1n) is 4.52. The highest BCUT2D eigenvalue weighted by Crippen LogP contribution is 2.20. The normalized spacial score (nSPS) is 9.50. The average molecular weight is 213 g/mol. The predicted octanol–water partition coefficient (Wildman–Crippen LogP) is 1.42. The number of H-pyrrole nitrogens is 1. The Hall–Kier alpha value is -2.54. The van der Waals surface area contributed by atoms with Crippen LogP contribution in [-0.4, -0.2) is 22.3 Å². The van der Waals surface area contributed by atoms with Gasteiger partial charge in [-0.25, -0.2) is 4.79 Å². The van der Waals surface area contributed by atoms with E-state index in [1.165, 1.54) is 0 Å². The molecule has 0 spiro atoms. The summed E-state index contributed by atoms with van der Waals surface area (Å²) in [7, 11) is 0. The topological polar surface area (TPSA) is 70.2 Å². The molecular weight excluding hydrogens is 206 g/mol. The standard InChI is InChI=1S/C12H7NO3/c14-7-9-6-13-10-3-1-2-8(12(9)10)4-5-11(15)16/h1-3,6-7,13H,(H,15,16). The van der Waals surface area contributed by atoms with E-state index in [4.69, 9.17) is 5.11 Å². The third kappa shape index (κ3) is 1.66. The van der Waals surface area contributed by atoms with Gasteiger partial charge in [-0.15, -0.1) is 0 Å². The first-order chi connectivity index (χ1) is 7.72. The van der Waals surface area contributed by atoms with Crippen molar-refractivity contribution >= 4 is 23.2 Å². The Kier molecular flexibility index (Phi) is 2.44. The monoisotopic (exact) mass is 213 g/mol. The lowest BCUT2D eigenvalue weighted by atomic mass is 10.1. The zero-order valence-corrected chi connectivity index (χ0v) is 8.15. The molecule has 78 valence electrons. The lowest BCUT2D eigenvalue weighted by Crippen LogP contribution is -1.88. The molecule has 0 saturated heterocycles. The van der Waals surface area contributed by atoms with Crippen LogP contribution in [-0.2, 0) is 4.79 Å². The molecule has 4 heteroatoms. The van der Waals surface area contributed by atoms with Crippen molar-refractivity contribution in [2.45, 2.75) is 0 Å². The Bertz CT molecular complexity index is 628. The van der Waals surface area contributed by atoms with Crippen LogP contribution in [0.2, 0.25) is 0 Å². The zero-order chi connectivity index (χ0) is 11.5. The van der Waals surface area contributed by atoms with Crippen LogP contribution in [0.15, 0.2) is 24.4 Å². The second-order valence-corrected chi connectivity index (χ2v) is 3.15. The molecule has 2 N–H and O–H groups in total. The van der Waals surface area contributed by atoms with E-state index in [2.05, 4.69) is 10.9 Å². The number of carboxylic acids is 1. The Morgan fingerprint density at radius 1 is 1.44 bits per heavy atom. The Labute approximate surface area is 90.9 Å². The maximum absolute atomic E-state index is 10.8. The minimum atomic E-state index is -1.19. The molecule has 0 bridgehead atoms. The van der Waals surface area contributed by atoms with Gasteiger partial charge in [0.15, 0.2) is 6.29 Å². The summed E-state index contributed by atoms with van der Waals surface area (Å²) in [5, 5.41) is 9.13. The molecule has 0 atom stereocenters. The minimum absolute atomic E-state index is 0.477. The number of nitrogens with one attached hydrogen (secondary N) is 1. The lowest BCUT2D eigenvalue weighted by molar-refractivity contribution is -0.130. The van der Waals surface area contributed by atoms with Crippen LogP contribution in [0.5, 0.6) is 0 Å². The highest BCUT2D eigenvalue weighted by Gasteiger charge is 2.05. The number of rotatable bonds is 1. The molecule has 0 amide bonds. The fourth-order valence-electron chi connectivity index (χ4n) is 1.53. The third-order valence-corrected chi connectivity index (χ3v) is 2.17. The molecule has 4 nitrogen and oxygen atoms in total. The summed E-state index contributed by atoms with van der Waals surface area (Å²) in [6.45, 7) is 0. The van der Waals surface area contributed by atoms with E-state index in [1.54, 1.807) is 24.4 Å². The zero-order valence-electron chi connectivity index (χ0n) is 8.15. The summed E-state index contributed by atoms with van der Waals surface area (Å²) in [5.41, 5.74) is 1.77. The number of aliphatic carboxylic acids is 1. The number of carboxylic acid groups (broad SMARTS) is 1. The third-order valence-electron chi connectivity index (χ3n) is 2.17. The molecule has 16 heavy (non-hydrogen) atoms. The van der Waals surface area contributed by atoms with Gasteiger partial charge >= 0.3 is 5.97 Å². The van der Waals surface area contributed by atoms with E-state index in [1.807, 2.05) is 5.92 Å². The second-order valence-electron chi connectivity index (χ2n) is 3.15. The number of aldehydes is 1. The maximum atomic E-state index is 10.8.